The van der Waals surface area contributed by atoms with Crippen molar-refractivity contribution in [2.45, 2.75) is 61.9 Å². The second-order valence-corrected chi connectivity index (χ2v) is 6.64. The first-order chi connectivity index (χ1) is 8.70. The van der Waals surface area contributed by atoms with E-state index in [0.29, 0.717) is 17.7 Å². The van der Waals surface area contributed by atoms with Crippen LogP contribution in [0.15, 0.2) is 0 Å². The molecule has 1 saturated heterocycles. The molecule has 0 aromatic rings. The van der Waals surface area contributed by atoms with Crippen LogP contribution < -0.4 is 5.32 Å². The van der Waals surface area contributed by atoms with E-state index in [2.05, 4.69) is 11.6 Å². The van der Waals surface area contributed by atoms with E-state index in [1.807, 2.05) is 11.8 Å². The lowest BCUT2D eigenvalue weighted by Gasteiger charge is -2.22. The van der Waals surface area contributed by atoms with Crippen molar-refractivity contribution < 1.29 is 9.59 Å². The number of rotatable bonds is 4. The summed E-state index contributed by atoms with van der Waals surface area (Å²) in [6.07, 6.45) is 8.08. The number of imide groups is 1. The fourth-order valence-electron chi connectivity index (χ4n) is 3.15. The van der Waals surface area contributed by atoms with Gasteiger partial charge in [0, 0.05) is 17.3 Å². The van der Waals surface area contributed by atoms with Gasteiger partial charge in [-0.2, -0.15) is 11.8 Å². The van der Waals surface area contributed by atoms with Crippen LogP contribution in [-0.4, -0.2) is 46.3 Å². The predicted molar refractivity (Wildman–Crippen MR) is 71.4 cm³/mol. The van der Waals surface area contributed by atoms with E-state index < -0.39 is 0 Å². The number of hydrogen-bond donors (Lipinski definition) is 1. The van der Waals surface area contributed by atoms with Crippen LogP contribution in [-0.2, 0) is 9.59 Å². The van der Waals surface area contributed by atoms with Crippen molar-refractivity contribution in [1.29, 1.82) is 0 Å². The molecule has 18 heavy (non-hydrogen) atoms. The van der Waals surface area contributed by atoms with Gasteiger partial charge < -0.3 is 5.32 Å². The molecule has 3 aliphatic rings. The third-order valence-corrected chi connectivity index (χ3v) is 5.44. The highest BCUT2D eigenvalue weighted by Gasteiger charge is 2.47. The molecule has 100 valence electrons. The van der Waals surface area contributed by atoms with E-state index in [-0.39, 0.29) is 23.9 Å². The number of thioether (sulfide) groups is 1. The Morgan fingerprint density at radius 1 is 1.22 bits per heavy atom. The van der Waals surface area contributed by atoms with Gasteiger partial charge in [-0.1, -0.05) is 6.42 Å². The van der Waals surface area contributed by atoms with Crippen LogP contribution in [0.2, 0.25) is 0 Å². The van der Waals surface area contributed by atoms with E-state index in [1.54, 1.807) is 0 Å². The zero-order valence-corrected chi connectivity index (χ0v) is 11.5. The van der Waals surface area contributed by atoms with Gasteiger partial charge in [-0.25, -0.2) is 0 Å². The monoisotopic (exact) mass is 268 g/mol. The standard InChI is InChI=1S/C13H20N2O2S/c1-18-11-4-2-3-9(11)14-10-7-12(16)15(13(10)17)8-5-6-8/h8-11,14H,2-7H2,1H3. The Balaban J connectivity index is 1.63. The van der Waals surface area contributed by atoms with E-state index in [9.17, 15) is 9.59 Å². The van der Waals surface area contributed by atoms with Gasteiger partial charge in [-0.15, -0.1) is 0 Å². The topological polar surface area (TPSA) is 49.4 Å². The summed E-state index contributed by atoms with van der Waals surface area (Å²) in [5.41, 5.74) is 0. The molecule has 3 atom stereocenters. The summed E-state index contributed by atoms with van der Waals surface area (Å²) in [5, 5.41) is 4.04. The Labute approximate surface area is 112 Å². The minimum absolute atomic E-state index is 0.0225. The lowest BCUT2D eigenvalue weighted by molar-refractivity contribution is -0.139. The number of carbonyl (C=O) groups excluding carboxylic acids is 2. The van der Waals surface area contributed by atoms with Crippen LogP contribution in [0.5, 0.6) is 0 Å². The third kappa shape index (κ3) is 2.18. The average Bonchev–Trinajstić information content (AvgIpc) is 3.00. The molecule has 2 amide bonds. The summed E-state index contributed by atoms with van der Waals surface area (Å²) in [7, 11) is 0. The first-order valence-electron chi connectivity index (χ1n) is 6.85. The highest BCUT2D eigenvalue weighted by molar-refractivity contribution is 7.99. The SMILES string of the molecule is CSC1CCCC1NC1CC(=O)N(C2CC2)C1=O. The molecule has 0 aromatic heterocycles. The largest absolute Gasteiger partial charge is 0.302 e. The molecule has 0 radical (unpaired) electrons. The maximum absolute atomic E-state index is 12.2. The smallest absolute Gasteiger partial charge is 0.247 e. The minimum Gasteiger partial charge on any atom is -0.302 e. The maximum atomic E-state index is 12.2. The van der Waals surface area contributed by atoms with E-state index >= 15 is 0 Å². The van der Waals surface area contributed by atoms with Crippen molar-refractivity contribution in [3.8, 4) is 0 Å². The van der Waals surface area contributed by atoms with Gasteiger partial charge >= 0.3 is 0 Å². The zero-order chi connectivity index (χ0) is 12.7. The second kappa shape index (κ2) is 4.85. The van der Waals surface area contributed by atoms with E-state index in [0.717, 1.165) is 19.3 Å². The van der Waals surface area contributed by atoms with Crippen LogP contribution in [0, 0.1) is 0 Å². The van der Waals surface area contributed by atoms with Gasteiger partial charge in [0.25, 0.3) is 0 Å². The Hall–Kier alpha value is -0.550. The minimum atomic E-state index is -0.254. The van der Waals surface area contributed by atoms with Crippen molar-refractivity contribution in [3.63, 3.8) is 0 Å². The molecule has 0 aromatic carbocycles. The van der Waals surface area contributed by atoms with Crippen LogP contribution in [0.3, 0.4) is 0 Å². The number of amides is 2. The molecule has 5 heteroatoms. The molecule has 3 rings (SSSR count). The number of likely N-dealkylation sites (tertiary alicyclic amines) is 1. The molecular weight excluding hydrogens is 248 g/mol. The molecule has 1 N–H and O–H groups in total. The normalized spacial score (nSPS) is 36.7. The quantitative estimate of drug-likeness (QED) is 0.777. The van der Waals surface area contributed by atoms with E-state index in [4.69, 9.17) is 0 Å². The Morgan fingerprint density at radius 2 is 2.00 bits per heavy atom. The first kappa shape index (κ1) is 12.5. The Bertz CT molecular complexity index is 370. The van der Waals surface area contributed by atoms with Gasteiger partial charge in [-0.3, -0.25) is 14.5 Å². The molecule has 2 saturated carbocycles. The lowest BCUT2D eigenvalue weighted by atomic mass is 10.2. The summed E-state index contributed by atoms with van der Waals surface area (Å²) in [5.74, 6) is 0.0490. The molecule has 3 unspecified atom stereocenters. The molecule has 0 spiro atoms. The van der Waals surface area contributed by atoms with Gasteiger partial charge in [0.05, 0.1) is 12.5 Å². The van der Waals surface area contributed by atoms with E-state index in [1.165, 1.54) is 17.7 Å². The molecule has 1 heterocycles. The molecule has 2 aliphatic carbocycles. The summed E-state index contributed by atoms with van der Waals surface area (Å²) in [6.45, 7) is 0. The van der Waals surface area contributed by atoms with Crippen LogP contribution in [0.25, 0.3) is 0 Å². The summed E-state index contributed by atoms with van der Waals surface area (Å²) in [6, 6.07) is 0.369. The van der Waals surface area contributed by atoms with Gasteiger partial charge in [-0.05, 0) is 31.9 Å². The Kier molecular flexibility index (Phi) is 3.36. The van der Waals surface area contributed by atoms with Crippen molar-refractivity contribution >= 4 is 23.6 Å². The fraction of sp³-hybridized carbons (Fsp3) is 0.846. The second-order valence-electron chi connectivity index (χ2n) is 5.57. The summed E-state index contributed by atoms with van der Waals surface area (Å²) >= 11 is 1.87. The van der Waals surface area contributed by atoms with Crippen molar-refractivity contribution in [3.05, 3.63) is 0 Å². The highest BCUT2D eigenvalue weighted by atomic mass is 32.2. The molecule has 4 nitrogen and oxygen atoms in total. The highest BCUT2D eigenvalue weighted by Crippen LogP contribution is 2.33. The summed E-state index contributed by atoms with van der Waals surface area (Å²) in [4.78, 5) is 25.6. The van der Waals surface area contributed by atoms with Crippen LogP contribution >= 0.6 is 11.8 Å². The number of carbonyl (C=O) groups is 2. The van der Waals surface area contributed by atoms with Crippen LogP contribution in [0.4, 0.5) is 0 Å². The third-order valence-electron chi connectivity index (χ3n) is 4.27. The van der Waals surface area contributed by atoms with Crippen molar-refractivity contribution in [1.82, 2.24) is 10.2 Å². The van der Waals surface area contributed by atoms with Gasteiger partial charge in [0.2, 0.25) is 11.8 Å². The average molecular weight is 268 g/mol. The molecule has 0 bridgehead atoms. The van der Waals surface area contributed by atoms with Crippen LogP contribution in [0.1, 0.15) is 38.5 Å². The van der Waals surface area contributed by atoms with Crippen molar-refractivity contribution in [2.75, 3.05) is 6.26 Å². The number of nitrogens with one attached hydrogen (secondary N) is 1. The first-order valence-corrected chi connectivity index (χ1v) is 8.14. The van der Waals surface area contributed by atoms with Gasteiger partial charge in [0.15, 0.2) is 0 Å². The van der Waals surface area contributed by atoms with Crippen molar-refractivity contribution in [2.24, 2.45) is 0 Å². The maximum Gasteiger partial charge on any atom is 0.247 e. The zero-order valence-electron chi connectivity index (χ0n) is 10.7. The number of hydrogen-bond acceptors (Lipinski definition) is 4. The summed E-state index contributed by atoms with van der Waals surface area (Å²) < 4.78 is 0. The Morgan fingerprint density at radius 3 is 2.67 bits per heavy atom. The van der Waals surface area contributed by atoms with Gasteiger partial charge in [0.1, 0.15) is 0 Å². The predicted octanol–water partition coefficient (Wildman–Crippen LogP) is 1.15. The molecule has 1 aliphatic heterocycles. The number of nitrogens with zero attached hydrogens (tertiary/aromatic N) is 1. The molecular formula is C13H20N2O2S. The fourth-order valence-corrected chi connectivity index (χ4v) is 4.10. The molecule has 3 fully saturated rings. The lowest BCUT2D eigenvalue weighted by Crippen LogP contribution is -2.46.